The van der Waals surface area contributed by atoms with Gasteiger partial charge in [-0.1, -0.05) is 24.3 Å². The highest BCUT2D eigenvalue weighted by Crippen LogP contribution is 2.16. The Morgan fingerprint density at radius 2 is 1.08 bits per heavy atom. The van der Waals surface area contributed by atoms with Gasteiger partial charge in [-0.3, -0.25) is 0 Å². The van der Waals surface area contributed by atoms with E-state index in [9.17, 15) is 0 Å². The molecule has 2 unspecified atom stereocenters. The van der Waals surface area contributed by atoms with Crippen LogP contribution in [0.25, 0.3) is 0 Å². The summed E-state index contributed by atoms with van der Waals surface area (Å²) in [5.74, 6) is 3.55. The van der Waals surface area contributed by atoms with Gasteiger partial charge in [-0.15, -0.1) is 0 Å². The van der Waals surface area contributed by atoms with E-state index in [1.54, 1.807) is 14.2 Å². The van der Waals surface area contributed by atoms with Gasteiger partial charge >= 0.3 is 0 Å². The van der Waals surface area contributed by atoms with E-state index in [0.29, 0.717) is 0 Å². The van der Waals surface area contributed by atoms with E-state index in [2.05, 4.69) is 24.3 Å². The molecule has 0 radical (unpaired) electrons. The van der Waals surface area contributed by atoms with Gasteiger partial charge in [0.05, 0.1) is 14.2 Å². The summed E-state index contributed by atoms with van der Waals surface area (Å²) in [6, 6.07) is 16.4. The lowest BCUT2D eigenvalue weighted by Crippen LogP contribution is -2.29. The van der Waals surface area contributed by atoms with Crippen molar-refractivity contribution in [3.05, 3.63) is 59.7 Å². The number of methoxy groups -OCH3 is 2. The molecule has 0 saturated carbocycles. The third-order valence-electron chi connectivity index (χ3n) is 3.98. The molecule has 2 atom stereocenters. The second-order valence-corrected chi connectivity index (χ2v) is 7.24. The predicted octanol–water partition coefficient (Wildman–Crippen LogP) is 2.88. The molecule has 2 rings (SSSR count). The summed E-state index contributed by atoms with van der Waals surface area (Å²) in [4.78, 5) is 0. The maximum absolute atomic E-state index is 6.24. The zero-order chi connectivity index (χ0) is 18.1. The highest BCUT2D eigenvalue weighted by atomic mass is 32.2. The van der Waals surface area contributed by atoms with Crippen molar-refractivity contribution in [1.29, 1.82) is 0 Å². The molecule has 136 valence electrons. The third-order valence-corrected chi connectivity index (χ3v) is 5.31. The van der Waals surface area contributed by atoms with Crippen LogP contribution in [0, 0.1) is 0 Å². The topological polar surface area (TPSA) is 70.5 Å². The van der Waals surface area contributed by atoms with Crippen LogP contribution >= 0.6 is 11.8 Å². The molecule has 0 bridgehead atoms. The van der Waals surface area contributed by atoms with Crippen molar-refractivity contribution in [2.24, 2.45) is 11.5 Å². The lowest BCUT2D eigenvalue weighted by Gasteiger charge is -2.15. The SMILES string of the molecule is COc1ccc(CC(N)CSCC(N)Cc2ccc(OC)cc2)cc1. The van der Waals surface area contributed by atoms with Gasteiger partial charge < -0.3 is 20.9 Å². The molecule has 0 aliphatic heterocycles. The Bertz CT molecular complexity index is 561. The molecule has 0 spiro atoms. The molecule has 0 saturated heterocycles. The molecule has 0 heterocycles. The minimum atomic E-state index is 0.131. The van der Waals surface area contributed by atoms with Crippen LogP contribution in [-0.4, -0.2) is 37.8 Å². The quantitative estimate of drug-likeness (QED) is 0.682. The third kappa shape index (κ3) is 6.98. The van der Waals surface area contributed by atoms with Crippen LogP contribution in [0.15, 0.2) is 48.5 Å². The molecular formula is C20H28N2O2S. The molecular weight excluding hydrogens is 332 g/mol. The molecule has 0 amide bonds. The van der Waals surface area contributed by atoms with E-state index in [1.807, 2.05) is 36.0 Å². The van der Waals surface area contributed by atoms with Crippen LogP contribution in [0.4, 0.5) is 0 Å². The summed E-state index contributed by atoms with van der Waals surface area (Å²) in [5, 5.41) is 0. The normalized spacial score (nSPS) is 13.3. The first kappa shape index (κ1) is 19.6. The minimum Gasteiger partial charge on any atom is -0.497 e. The van der Waals surface area contributed by atoms with Gasteiger partial charge in [0.25, 0.3) is 0 Å². The minimum absolute atomic E-state index is 0.131. The standard InChI is InChI=1S/C20H28N2O2S/c1-23-19-7-3-15(4-8-19)11-17(21)13-25-14-18(22)12-16-5-9-20(24-2)10-6-16/h3-10,17-18H,11-14,21-22H2,1-2H3. The van der Waals surface area contributed by atoms with Gasteiger partial charge in [0.15, 0.2) is 0 Å². The van der Waals surface area contributed by atoms with Crippen molar-refractivity contribution in [2.45, 2.75) is 24.9 Å². The lowest BCUT2D eigenvalue weighted by molar-refractivity contribution is 0.414. The monoisotopic (exact) mass is 360 g/mol. The average molecular weight is 361 g/mol. The number of rotatable bonds is 10. The summed E-state index contributed by atoms with van der Waals surface area (Å²) >= 11 is 1.82. The molecule has 0 aromatic heterocycles. The van der Waals surface area contributed by atoms with Crippen molar-refractivity contribution in [1.82, 2.24) is 0 Å². The molecule has 2 aromatic carbocycles. The Balaban J connectivity index is 1.67. The van der Waals surface area contributed by atoms with Gasteiger partial charge in [-0.05, 0) is 48.2 Å². The fourth-order valence-electron chi connectivity index (χ4n) is 2.62. The van der Waals surface area contributed by atoms with Crippen LogP contribution in [0.5, 0.6) is 11.5 Å². The molecule has 0 aliphatic carbocycles. The smallest absolute Gasteiger partial charge is 0.118 e. The van der Waals surface area contributed by atoms with Gasteiger partial charge in [-0.25, -0.2) is 0 Å². The molecule has 4 nitrogen and oxygen atoms in total. The van der Waals surface area contributed by atoms with E-state index in [-0.39, 0.29) is 12.1 Å². The van der Waals surface area contributed by atoms with E-state index in [0.717, 1.165) is 35.8 Å². The van der Waals surface area contributed by atoms with Crippen molar-refractivity contribution in [3.8, 4) is 11.5 Å². The Labute approximate surface area is 154 Å². The van der Waals surface area contributed by atoms with Gasteiger partial charge in [0, 0.05) is 23.6 Å². The van der Waals surface area contributed by atoms with Crippen LogP contribution in [-0.2, 0) is 12.8 Å². The van der Waals surface area contributed by atoms with Crippen LogP contribution in [0.2, 0.25) is 0 Å². The Morgan fingerprint density at radius 1 is 0.720 bits per heavy atom. The number of thioether (sulfide) groups is 1. The van der Waals surface area contributed by atoms with E-state index >= 15 is 0 Å². The predicted molar refractivity (Wildman–Crippen MR) is 107 cm³/mol. The number of hydrogen-bond donors (Lipinski definition) is 2. The number of ether oxygens (including phenoxy) is 2. The van der Waals surface area contributed by atoms with Crippen molar-refractivity contribution >= 4 is 11.8 Å². The number of benzene rings is 2. The maximum Gasteiger partial charge on any atom is 0.118 e. The molecule has 0 aliphatic rings. The highest BCUT2D eigenvalue weighted by Gasteiger charge is 2.08. The fraction of sp³-hybridized carbons (Fsp3) is 0.400. The zero-order valence-electron chi connectivity index (χ0n) is 15.0. The van der Waals surface area contributed by atoms with Crippen molar-refractivity contribution in [2.75, 3.05) is 25.7 Å². The van der Waals surface area contributed by atoms with Crippen LogP contribution < -0.4 is 20.9 Å². The van der Waals surface area contributed by atoms with Gasteiger partial charge in [0.1, 0.15) is 11.5 Å². The fourth-order valence-corrected chi connectivity index (χ4v) is 3.59. The molecule has 2 aromatic rings. The maximum atomic E-state index is 6.24. The zero-order valence-corrected chi connectivity index (χ0v) is 15.8. The summed E-state index contributed by atoms with van der Waals surface area (Å²) in [6.07, 6.45) is 1.73. The number of nitrogens with two attached hydrogens (primary N) is 2. The summed E-state index contributed by atoms with van der Waals surface area (Å²) in [6.45, 7) is 0. The first-order valence-electron chi connectivity index (χ1n) is 8.45. The first-order valence-corrected chi connectivity index (χ1v) is 9.61. The van der Waals surface area contributed by atoms with Crippen LogP contribution in [0.3, 0.4) is 0 Å². The molecule has 25 heavy (non-hydrogen) atoms. The summed E-state index contributed by atoms with van der Waals surface area (Å²) < 4.78 is 10.3. The molecule has 0 fully saturated rings. The second kappa shape index (κ2) is 10.3. The molecule has 4 N–H and O–H groups in total. The molecule has 5 heteroatoms. The number of hydrogen-bond acceptors (Lipinski definition) is 5. The summed E-state index contributed by atoms with van der Waals surface area (Å²) in [5.41, 5.74) is 14.9. The van der Waals surface area contributed by atoms with E-state index in [4.69, 9.17) is 20.9 Å². The lowest BCUT2D eigenvalue weighted by atomic mass is 10.1. The largest absolute Gasteiger partial charge is 0.497 e. The van der Waals surface area contributed by atoms with E-state index < -0.39 is 0 Å². The second-order valence-electron chi connectivity index (χ2n) is 6.16. The first-order chi connectivity index (χ1) is 12.1. The van der Waals surface area contributed by atoms with Gasteiger partial charge in [-0.2, -0.15) is 11.8 Å². The average Bonchev–Trinajstić information content (AvgIpc) is 2.63. The highest BCUT2D eigenvalue weighted by molar-refractivity contribution is 7.99. The Kier molecular flexibility index (Phi) is 8.12. The van der Waals surface area contributed by atoms with Gasteiger partial charge in [0.2, 0.25) is 0 Å². The van der Waals surface area contributed by atoms with Crippen molar-refractivity contribution in [3.63, 3.8) is 0 Å². The van der Waals surface area contributed by atoms with Crippen LogP contribution in [0.1, 0.15) is 11.1 Å². The Hall–Kier alpha value is -1.69. The Morgan fingerprint density at radius 3 is 1.40 bits per heavy atom. The summed E-state index contributed by atoms with van der Waals surface area (Å²) in [7, 11) is 3.35. The van der Waals surface area contributed by atoms with E-state index in [1.165, 1.54) is 11.1 Å². The van der Waals surface area contributed by atoms with Crippen molar-refractivity contribution < 1.29 is 9.47 Å².